The molecular formula is C11H16Br+. The molecule has 4 fully saturated rings. The molecule has 0 aliphatic heterocycles. The topological polar surface area (TPSA) is 0 Å². The van der Waals surface area contributed by atoms with E-state index in [9.17, 15) is 0 Å². The Morgan fingerprint density at radius 2 is 1.75 bits per heavy atom. The van der Waals surface area contributed by atoms with Gasteiger partial charge in [0.1, 0.15) is 11.8 Å². The summed E-state index contributed by atoms with van der Waals surface area (Å²) in [7, 11) is 0. The van der Waals surface area contributed by atoms with Gasteiger partial charge in [-0.1, -0.05) is 15.9 Å². The molecule has 0 aromatic carbocycles. The van der Waals surface area contributed by atoms with E-state index >= 15 is 0 Å². The van der Waals surface area contributed by atoms with Crippen LogP contribution in [0.3, 0.4) is 0 Å². The van der Waals surface area contributed by atoms with Crippen LogP contribution in [-0.4, -0.2) is 4.32 Å². The van der Waals surface area contributed by atoms with Crippen molar-refractivity contribution in [3.05, 3.63) is 5.92 Å². The van der Waals surface area contributed by atoms with Crippen molar-refractivity contribution in [2.24, 2.45) is 17.8 Å². The molecular weight excluding hydrogens is 212 g/mol. The first kappa shape index (κ1) is 7.73. The van der Waals surface area contributed by atoms with Crippen LogP contribution in [0.1, 0.15) is 39.0 Å². The van der Waals surface area contributed by atoms with Crippen LogP contribution in [0, 0.1) is 23.7 Å². The highest BCUT2D eigenvalue weighted by Crippen LogP contribution is 2.61. The Hall–Kier alpha value is 0.350. The van der Waals surface area contributed by atoms with Gasteiger partial charge in [0, 0.05) is 17.2 Å². The molecule has 0 spiro atoms. The van der Waals surface area contributed by atoms with Gasteiger partial charge in [-0.25, -0.2) is 0 Å². The molecule has 0 nitrogen and oxygen atoms in total. The zero-order valence-corrected chi connectivity index (χ0v) is 9.23. The Balaban J connectivity index is 1.95. The second kappa shape index (κ2) is 2.23. The lowest BCUT2D eigenvalue weighted by Crippen LogP contribution is -2.50. The number of rotatable bonds is 0. The third kappa shape index (κ3) is 0.921. The maximum absolute atomic E-state index is 3.97. The molecule has 0 aromatic heterocycles. The van der Waals surface area contributed by atoms with Crippen LogP contribution in [0.2, 0.25) is 0 Å². The fourth-order valence-electron chi connectivity index (χ4n) is 3.91. The van der Waals surface area contributed by atoms with Crippen molar-refractivity contribution in [1.29, 1.82) is 0 Å². The molecule has 12 heavy (non-hydrogen) atoms. The SMILES string of the molecule is C[C+]1[C@@H]2CC3C[C@H]1CC(Br)(C3)C2. The number of halogens is 1. The van der Waals surface area contributed by atoms with Crippen molar-refractivity contribution in [1.82, 2.24) is 0 Å². The first-order valence-corrected chi connectivity index (χ1v) is 5.98. The van der Waals surface area contributed by atoms with Crippen molar-refractivity contribution in [2.75, 3.05) is 0 Å². The molecule has 66 valence electrons. The monoisotopic (exact) mass is 227 g/mol. The summed E-state index contributed by atoms with van der Waals surface area (Å²) >= 11 is 3.97. The Labute approximate surface area is 83.2 Å². The molecule has 4 aliphatic rings. The second-order valence-corrected chi connectivity index (χ2v) is 6.92. The van der Waals surface area contributed by atoms with Crippen molar-refractivity contribution in [3.63, 3.8) is 0 Å². The smallest absolute Gasteiger partial charge is 0.0850 e. The summed E-state index contributed by atoms with van der Waals surface area (Å²) in [6.45, 7) is 2.41. The summed E-state index contributed by atoms with van der Waals surface area (Å²) in [6, 6.07) is 0. The van der Waals surface area contributed by atoms with Crippen LogP contribution in [0.4, 0.5) is 0 Å². The normalized spacial score (nSPS) is 56.5. The molecule has 0 radical (unpaired) electrons. The number of hydrogen-bond acceptors (Lipinski definition) is 0. The van der Waals surface area contributed by atoms with Crippen molar-refractivity contribution >= 4 is 15.9 Å². The lowest BCUT2D eigenvalue weighted by Gasteiger charge is -2.51. The zero-order valence-electron chi connectivity index (χ0n) is 7.65. The fourth-order valence-corrected chi connectivity index (χ4v) is 5.15. The Morgan fingerprint density at radius 1 is 1.17 bits per heavy atom. The first-order chi connectivity index (χ1) is 5.66. The van der Waals surface area contributed by atoms with E-state index in [2.05, 4.69) is 22.9 Å². The van der Waals surface area contributed by atoms with Gasteiger partial charge in [0.05, 0.1) is 12.8 Å². The molecule has 0 saturated heterocycles. The van der Waals surface area contributed by atoms with Crippen LogP contribution in [-0.2, 0) is 0 Å². The maximum atomic E-state index is 3.97. The molecule has 0 aromatic rings. The van der Waals surface area contributed by atoms with E-state index in [4.69, 9.17) is 0 Å². The predicted molar refractivity (Wildman–Crippen MR) is 54.1 cm³/mol. The van der Waals surface area contributed by atoms with E-state index in [1.54, 1.807) is 0 Å². The molecule has 2 unspecified atom stereocenters. The zero-order chi connectivity index (χ0) is 8.34. The van der Waals surface area contributed by atoms with E-state index in [0.29, 0.717) is 4.32 Å². The summed E-state index contributed by atoms with van der Waals surface area (Å²) in [5.41, 5.74) is 0. The Kier molecular flexibility index (Phi) is 1.44. The van der Waals surface area contributed by atoms with Crippen molar-refractivity contribution < 1.29 is 0 Å². The van der Waals surface area contributed by atoms with Crippen LogP contribution >= 0.6 is 15.9 Å². The van der Waals surface area contributed by atoms with E-state index < -0.39 is 0 Å². The van der Waals surface area contributed by atoms with Gasteiger partial charge in [-0.05, 0) is 25.2 Å². The maximum Gasteiger partial charge on any atom is 0.102 e. The number of hydrogen-bond donors (Lipinski definition) is 0. The van der Waals surface area contributed by atoms with Crippen LogP contribution in [0.25, 0.3) is 0 Å². The summed E-state index contributed by atoms with van der Waals surface area (Å²) in [5.74, 6) is 4.86. The summed E-state index contributed by atoms with van der Waals surface area (Å²) in [5, 5.41) is 0. The van der Waals surface area contributed by atoms with Crippen molar-refractivity contribution in [2.45, 2.75) is 43.4 Å². The average molecular weight is 228 g/mol. The third-order valence-electron chi connectivity index (χ3n) is 4.40. The van der Waals surface area contributed by atoms with E-state index in [1.807, 2.05) is 5.92 Å². The quantitative estimate of drug-likeness (QED) is 0.439. The van der Waals surface area contributed by atoms with Gasteiger partial charge in [-0.2, -0.15) is 0 Å². The highest BCUT2D eigenvalue weighted by molar-refractivity contribution is 9.10. The largest absolute Gasteiger partial charge is 0.102 e. The molecule has 0 N–H and O–H groups in total. The number of alkyl halides is 1. The van der Waals surface area contributed by atoms with Gasteiger partial charge < -0.3 is 0 Å². The molecule has 4 saturated carbocycles. The summed E-state index contributed by atoms with van der Waals surface area (Å²) in [6.07, 6.45) is 7.36. The average Bonchev–Trinajstić information content (AvgIpc) is 1.96. The first-order valence-electron chi connectivity index (χ1n) is 5.18. The molecule has 0 heterocycles. The molecule has 4 bridgehead atoms. The summed E-state index contributed by atoms with van der Waals surface area (Å²) < 4.78 is 0.572. The van der Waals surface area contributed by atoms with Crippen LogP contribution < -0.4 is 0 Å². The summed E-state index contributed by atoms with van der Waals surface area (Å²) in [4.78, 5) is 0. The van der Waals surface area contributed by atoms with Gasteiger partial charge >= 0.3 is 0 Å². The van der Waals surface area contributed by atoms with Gasteiger partial charge in [-0.3, -0.25) is 0 Å². The molecule has 1 heteroatoms. The minimum Gasteiger partial charge on any atom is -0.0850 e. The van der Waals surface area contributed by atoms with Gasteiger partial charge in [0.25, 0.3) is 0 Å². The third-order valence-corrected chi connectivity index (χ3v) is 5.37. The van der Waals surface area contributed by atoms with Crippen LogP contribution in [0.15, 0.2) is 0 Å². The second-order valence-electron chi connectivity index (χ2n) is 5.24. The Morgan fingerprint density at radius 3 is 2.25 bits per heavy atom. The predicted octanol–water partition coefficient (Wildman–Crippen LogP) is 3.55. The minimum absolute atomic E-state index is 0.572. The van der Waals surface area contributed by atoms with E-state index in [-0.39, 0.29) is 0 Å². The van der Waals surface area contributed by atoms with Crippen LogP contribution in [0.5, 0.6) is 0 Å². The lowest BCUT2D eigenvalue weighted by molar-refractivity contribution is 0.0663. The van der Waals surface area contributed by atoms with Crippen molar-refractivity contribution in [3.8, 4) is 0 Å². The van der Waals surface area contributed by atoms with Gasteiger partial charge in [0.2, 0.25) is 0 Å². The molecule has 0 amide bonds. The lowest BCUT2D eigenvalue weighted by atomic mass is 9.52. The highest BCUT2D eigenvalue weighted by Gasteiger charge is 2.58. The van der Waals surface area contributed by atoms with E-state index in [1.165, 1.54) is 32.1 Å². The van der Waals surface area contributed by atoms with Gasteiger partial charge in [0.15, 0.2) is 0 Å². The molecule has 4 aliphatic carbocycles. The Bertz CT molecular complexity index is 195. The fraction of sp³-hybridized carbons (Fsp3) is 0.909. The van der Waals surface area contributed by atoms with E-state index in [0.717, 1.165) is 17.8 Å². The van der Waals surface area contributed by atoms with Gasteiger partial charge in [-0.15, -0.1) is 0 Å². The highest BCUT2D eigenvalue weighted by atomic mass is 79.9. The molecule has 4 rings (SSSR count). The molecule has 4 atom stereocenters. The standard InChI is InChI=1S/C11H16Br/c1-7-9-2-8-3-10(7)6-11(12,4-8)5-9/h8-10H,2-6H2,1H3/q+1/t8?,9-,10+,11?. The minimum atomic E-state index is 0.572.